The van der Waals surface area contributed by atoms with Crippen LogP contribution in [0.1, 0.15) is 58.1 Å². The highest BCUT2D eigenvalue weighted by atomic mass is 16.2. The van der Waals surface area contributed by atoms with Gasteiger partial charge in [0.05, 0.1) is 18.2 Å². The van der Waals surface area contributed by atoms with Gasteiger partial charge in [-0.1, -0.05) is 11.3 Å². The Morgan fingerprint density at radius 1 is 1.17 bits per heavy atom. The fourth-order valence-corrected chi connectivity index (χ4v) is 4.87. The maximum absolute atomic E-state index is 13.0. The number of carbonyl (C=O) groups is 4. The minimum absolute atomic E-state index is 0.0657. The third kappa shape index (κ3) is 3.76. The summed E-state index contributed by atoms with van der Waals surface area (Å²) in [4.78, 5) is 54.9. The molecule has 1 aromatic carbocycles. The molecule has 12 nitrogen and oxygen atoms in total. The molecule has 2 fully saturated rings. The fraction of sp³-hybridized carbons (Fsp3) is 0.348. The van der Waals surface area contributed by atoms with Crippen molar-refractivity contribution >= 4 is 23.6 Å². The third-order valence-corrected chi connectivity index (χ3v) is 6.90. The molecule has 1 atom stereocenters. The number of benzene rings is 1. The van der Waals surface area contributed by atoms with Crippen molar-refractivity contribution in [2.45, 2.75) is 50.4 Å². The Morgan fingerprint density at radius 2 is 2.03 bits per heavy atom. The Bertz CT molecular complexity index is 1340. The smallest absolute Gasteiger partial charge is 0.273 e. The summed E-state index contributed by atoms with van der Waals surface area (Å²) >= 11 is 0. The van der Waals surface area contributed by atoms with Crippen molar-refractivity contribution in [1.82, 2.24) is 40.1 Å². The normalized spacial score (nSPS) is 23.6. The van der Waals surface area contributed by atoms with Gasteiger partial charge in [0.2, 0.25) is 11.8 Å². The van der Waals surface area contributed by atoms with Crippen molar-refractivity contribution in [3.8, 4) is 5.69 Å². The standard InChI is InChI=1S/C23H22N8O4/c32-20-4-3-19(22(34)26-20)30-10-13-1-2-15(9-17(13)23(30)35)31-11-18(27-28-31)21(33)25-14-7-16(8-14)29-6-5-24-12-29/h1-2,5-6,9,11-12,14,16,19H,3-4,7-8,10H2,(H,25,33)(H,26,32,34). The number of piperidine rings is 1. The summed E-state index contributed by atoms with van der Waals surface area (Å²) in [5.41, 5.74) is 2.03. The molecule has 2 N–H and O–H groups in total. The zero-order chi connectivity index (χ0) is 24.1. The second-order valence-electron chi connectivity index (χ2n) is 9.10. The highest BCUT2D eigenvalue weighted by Crippen LogP contribution is 2.32. The molecule has 0 bridgehead atoms. The van der Waals surface area contributed by atoms with Crippen LogP contribution in [0.5, 0.6) is 0 Å². The van der Waals surface area contributed by atoms with Gasteiger partial charge in [0.25, 0.3) is 11.8 Å². The molecule has 6 rings (SSSR count). The van der Waals surface area contributed by atoms with Gasteiger partial charge in [-0.05, 0) is 37.0 Å². The number of hydrogen-bond donors (Lipinski definition) is 2. The predicted molar refractivity (Wildman–Crippen MR) is 119 cm³/mol. The molecule has 1 saturated carbocycles. The molecule has 35 heavy (non-hydrogen) atoms. The van der Waals surface area contributed by atoms with Crippen molar-refractivity contribution in [2.75, 3.05) is 0 Å². The van der Waals surface area contributed by atoms with Gasteiger partial charge in [-0.2, -0.15) is 0 Å². The van der Waals surface area contributed by atoms with E-state index in [1.807, 2.05) is 10.8 Å². The molecule has 3 aromatic rings. The fourth-order valence-electron chi connectivity index (χ4n) is 4.87. The summed E-state index contributed by atoms with van der Waals surface area (Å²) in [6.07, 6.45) is 9.13. The van der Waals surface area contributed by atoms with Gasteiger partial charge in [0.1, 0.15) is 6.04 Å². The molecular formula is C23H22N8O4. The van der Waals surface area contributed by atoms with Gasteiger partial charge < -0.3 is 14.8 Å². The summed E-state index contributed by atoms with van der Waals surface area (Å²) in [7, 11) is 0. The first-order valence-electron chi connectivity index (χ1n) is 11.4. The largest absolute Gasteiger partial charge is 0.348 e. The first kappa shape index (κ1) is 21.2. The number of hydrogen-bond acceptors (Lipinski definition) is 7. The van der Waals surface area contributed by atoms with E-state index < -0.39 is 11.9 Å². The highest BCUT2D eigenvalue weighted by Gasteiger charge is 2.39. The quantitative estimate of drug-likeness (QED) is 0.508. The van der Waals surface area contributed by atoms with Crippen molar-refractivity contribution < 1.29 is 19.2 Å². The highest BCUT2D eigenvalue weighted by molar-refractivity contribution is 6.05. The van der Waals surface area contributed by atoms with Crippen LogP contribution < -0.4 is 10.6 Å². The Labute approximate surface area is 199 Å². The molecule has 178 valence electrons. The minimum Gasteiger partial charge on any atom is -0.348 e. The summed E-state index contributed by atoms with van der Waals surface area (Å²) in [5, 5.41) is 13.3. The summed E-state index contributed by atoms with van der Waals surface area (Å²) in [6, 6.07) is 5.01. The van der Waals surface area contributed by atoms with Crippen molar-refractivity contribution in [1.29, 1.82) is 0 Å². The lowest BCUT2D eigenvalue weighted by Gasteiger charge is -2.36. The monoisotopic (exact) mass is 474 g/mol. The third-order valence-electron chi connectivity index (χ3n) is 6.90. The number of aromatic nitrogens is 5. The molecule has 2 aliphatic heterocycles. The van der Waals surface area contributed by atoms with E-state index in [4.69, 9.17) is 0 Å². The molecule has 0 spiro atoms. The number of imide groups is 1. The lowest BCUT2D eigenvalue weighted by molar-refractivity contribution is -0.136. The number of nitrogens with zero attached hydrogens (tertiary/aromatic N) is 6. The average molecular weight is 474 g/mol. The van der Waals surface area contributed by atoms with Crippen molar-refractivity contribution in [3.05, 3.63) is 59.9 Å². The molecule has 4 heterocycles. The second kappa shape index (κ2) is 8.15. The molecule has 3 aliphatic rings. The SMILES string of the molecule is O=C1CCC(N2Cc3ccc(-n4cc(C(=O)NC5CC(n6ccnc6)C5)nn4)cc3C2=O)C(=O)N1. The number of rotatable bonds is 5. The molecule has 1 aliphatic carbocycles. The van der Waals surface area contributed by atoms with E-state index in [1.165, 1.54) is 15.8 Å². The number of amides is 4. The van der Waals surface area contributed by atoms with E-state index in [-0.39, 0.29) is 35.9 Å². The first-order chi connectivity index (χ1) is 17.0. The van der Waals surface area contributed by atoms with Crippen molar-refractivity contribution in [3.63, 3.8) is 0 Å². The summed E-state index contributed by atoms with van der Waals surface area (Å²) in [6.45, 7) is 0.299. The molecular weight excluding hydrogens is 452 g/mol. The van der Waals surface area contributed by atoms with E-state index in [2.05, 4.69) is 25.9 Å². The molecule has 0 radical (unpaired) electrons. The molecule has 4 amide bonds. The Morgan fingerprint density at radius 3 is 2.80 bits per heavy atom. The predicted octanol–water partition coefficient (Wildman–Crippen LogP) is 0.358. The van der Waals surface area contributed by atoms with Crippen LogP contribution in [0.15, 0.2) is 43.1 Å². The Balaban J connectivity index is 1.12. The molecule has 1 saturated heterocycles. The van der Waals surface area contributed by atoms with Crippen LogP contribution in [0.4, 0.5) is 0 Å². The maximum Gasteiger partial charge on any atom is 0.273 e. The lowest BCUT2D eigenvalue weighted by Crippen LogP contribution is -2.52. The average Bonchev–Trinajstić information content (AvgIpc) is 3.57. The van der Waals surface area contributed by atoms with Gasteiger partial charge in [-0.3, -0.25) is 24.5 Å². The minimum atomic E-state index is -0.669. The second-order valence-corrected chi connectivity index (χ2v) is 9.10. The van der Waals surface area contributed by atoms with E-state index >= 15 is 0 Å². The van der Waals surface area contributed by atoms with Crippen LogP contribution in [0, 0.1) is 0 Å². The van der Waals surface area contributed by atoms with Gasteiger partial charge >= 0.3 is 0 Å². The van der Waals surface area contributed by atoms with Gasteiger partial charge in [0, 0.05) is 43.0 Å². The molecule has 2 aromatic heterocycles. The Hall–Kier alpha value is -4.35. The van der Waals surface area contributed by atoms with Crippen LogP contribution in [-0.2, 0) is 16.1 Å². The lowest BCUT2D eigenvalue weighted by atomic mass is 9.86. The van der Waals surface area contributed by atoms with Crippen LogP contribution >= 0.6 is 0 Å². The van der Waals surface area contributed by atoms with Crippen LogP contribution in [-0.4, -0.2) is 65.2 Å². The topological polar surface area (TPSA) is 144 Å². The van der Waals surface area contributed by atoms with Gasteiger partial charge in [-0.25, -0.2) is 9.67 Å². The first-order valence-corrected chi connectivity index (χ1v) is 11.4. The summed E-state index contributed by atoms with van der Waals surface area (Å²) < 4.78 is 3.49. The van der Waals surface area contributed by atoms with E-state index in [9.17, 15) is 19.2 Å². The maximum atomic E-state index is 13.0. The number of fused-ring (bicyclic) bond motifs is 1. The van der Waals surface area contributed by atoms with Crippen LogP contribution in [0.2, 0.25) is 0 Å². The van der Waals surface area contributed by atoms with E-state index in [0.29, 0.717) is 30.3 Å². The van der Waals surface area contributed by atoms with Crippen molar-refractivity contribution in [2.24, 2.45) is 0 Å². The van der Waals surface area contributed by atoms with Crippen LogP contribution in [0.25, 0.3) is 5.69 Å². The summed E-state index contributed by atoms with van der Waals surface area (Å²) in [5.74, 6) is -1.34. The van der Waals surface area contributed by atoms with E-state index in [0.717, 1.165) is 18.4 Å². The number of nitrogens with one attached hydrogen (secondary N) is 2. The molecule has 12 heteroatoms. The Kier molecular flexibility index (Phi) is 4.94. The van der Waals surface area contributed by atoms with Gasteiger partial charge in [-0.15, -0.1) is 5.10 Å². The van der Waals surface area contributed by atoms with Gasteiger partial charge in [0.15, 0.2) is 5.69 Å². The number of carbonyl (C=O) groups excluding carboxylic acids is 4. The zero-order valence-electron chi connectivity index (χ0n) is 18.6. The molecule has 1 unspecified atom stereocenters. The van der Waals surface area contributed by atoms with E-state index in [1.54, 1.807) is 30.7 Å². The number of imidazole rings is 1. The zero-order valence-corrected chi connectivity index (χ0v) is 18.6. The van der Waals surface area contributed by atoms with Crippen LogP contribution in [0.3, 0.4) is 0 Å².